The van der Waals surface area contributed by atoms with E-state index in [0.717, 1.165) is 22.4 Å². The molecule has 1 heterocycles. The van der Waals surface area contributed by atoms with Crippen molar-refractivity contribution in [1.82, 2.24) is 14.8 Å². The highest BCUT2D eigenvalue weighted by Gasteiger charge is 2.07. The minimum atomic E-state index is 0.414. The smallest absolute Gasteiger partial charge is 0.248 e. The molecule has 0 aliphatic carbocycles. The van der Waals surface area contributed by atoms with Crippen LogP contribution in [-0.4, -0.2) is 19.9 Å². The number of benzene rings is 2. The molecular formula is C18H17Cl2N5S. The Hall–Kier alpha value is -2.15. The van der Waals surface area contributed by atoms with Crippen LogP contribution < -0.4 is 10.6 Å². The van der Waals surface area contributed by atoms with Gasteiger partial charge >= 0.3 is 0 Å². The zero-order valence-corrected chi connectivity index (χ0v) is 16.6. The summed E-state index contributed by atoms with van der Waals surface area (Å²) < 4.78 is 1.68. The third-order valence-electron chi connectivity index (χ3n) is 3.59. The van der Waals surface area contributed by atoms with Gasteiger partial charge in [-0.1, -0.05) is 35.3 Å². The summed E-state index contributed by atoms with van der Waals surface area (Å²) in [6, 6.07) is 11.5. The Balaban J connectivity index is 1.63. The second-order valence-electron chi connectivity index (χ2n) is 5.96. The number of aromatic nitrogens is 3. The van der Waals surface area contributed by atoms with Gasteiger partial charge in [-0.05, 0) is 67.0 Å². The Kier molecular flexibility index (Phi) is 5.76. The van der Waals surface area contributed by atoms with E-state index in [9.17, 15) is 0 Å². The van der Waals surface area contributed by atoms with Gasteiger partial charge in [-0.3, -0.25) is 5.32 Å². The van der Waals surface area contributed by atoms with Crippen molar-refractivity contribution in [1.29, 1.82) is 0 Å². The van der Waals surface area contributed by atoms with Crippen LogP contribution in [0.25, 0.3) is 0 Å². The first-order valence-corrected chi connectivity index (χ1v) is 9.05. The number of hydrogen-bond acceptors (Lipinski definition) is 3. The summed E-state index contributed by atoms with van der Waals surface area (Å²) in [6.07, 6.45) is 1.62. The predicted octanol–water partition coefficient (Wildman–Crippen LogP) is 5.06. The van der Waals surface area contributed by atoms with Crippen LogP contribution in [0, 0.1) is 13.8 Å². The molecule has 0 unspecified atom stereocenters. The number of halogens is 2. The van der Waals surface area contributed by atoms with Gasteiger partial charge in [0, 0.05) is 15.7 Å². The summed E-state index contributed by atoms with van der Waals surface area (Å²) in [6.45, 7) is 4.57. The molecule has 5 nitrogen and oxygen atoms in total. The SMILES string of the molecule is Cc1cc(C)cc(NC(=S)Nc2ncn(Cc3ccc(Cl)cc3Cl)n2)c1. The molecule has 0 saturated heterocycles. The molecule has 3 aromatic rings. The molecule has 0 radical (unpaired) electrons. The molecule has 0 fully saturated rings. The number of anilines is 2. The van der Waals surface area contributed by atoms with Crippen molar-refractivity contribution < 1.29 is 0 Å². The van der Waals surface area contributed by atoms with Crippen LogP contribution in [0.4, 0.5) is 11.6 Å². The number of hydrogen-bond donors (Lipinski definition) is 2. The molecular weight excluding hydrogens is 389 g/mol. The Bertz CT molecular complexity index is 934. The van der Waals surface area contributed by atoms with E-state index in [2.05, 4.69) is 26.8 Å². The second kappa shape index (κ2) is 8.03. The summed E-state index contributed by atoms with van der Waals surface area (Å²) in [5, 5.41) is 12.1. The second-order valence-corrected chi connectivity index (χ2v) is 7.21. The molecule has 0 atom stereocenters. The van der Waals surface area contributed by atoms with E-state index in [-0.39, 0.29) is 0 Å². The van der Waals surface area contributed by atoms with Gasteiger partial charge < -0.3 is 5.32 Å². The summed E-state index contributed by atoms with van der Waals surface area (Å²) in [5.41, 5.74) is 4.16. The van der Waals surface area contributed by atoms with Gasteiger partial charge in [-0.25, -0.2) is 9.67 Å². The summed E-state index contributed by atoms with van der Waals surface area (Å²) in [5.74, 6) is 0.414. The van der Waals surface area contributed by atoms with Crippen molar-refractivity contribution in [3.05, 3.63) is 69.5 Å². The van der Waals surface area contributed by atoms with Crippen molar-refractivity contribution in [2.24, 2.45) is 0 Å². The highest BCUT2D eigenvalue weighted by atomic mass is 35.5. The van der Waals surface area contributed by atoms with Crippen LogP contribution >= 0.6 is 35.4 Å². The van der Waals surface area contributed by atoms with Crippen molar-refractivity contribution in [2.45, 2.75) is 20.4 Å². The standard InChI is InChI=1S/C18H17Cl2N5S/c1-11-5-12(2)7-15(6-11)22-18(26)23-17-21-10-25(24-17)9-13-3-4-14(19)8-16(13)20/h3-8,10H,9H2,1-2H3,(H2,22,23,24,26). The maximum Gasteiger partial charge on any atom is 0.248 e. The molecule has 0 aliphatic heterocycles. The van der Waals surface area contributed by atoms with Gasteiger partial charge in [-0.15, -0.1) is 5.10 Å². The first-order valence-electron chi connectivity index (χ1n) is 7.89. The first kappa shape index (κ1) is 18.6. The monoisotopic (exact) mass is 405 g/mol. The Labute approximate surface area is 167 Å². The van der Waals surface area contributed by atoms with Gasteiger partial charge in [0.05, 0.1) is 6.54 Å². The molecule has 1 aromatic heterocycles. The van der Waals surface area contributed by atoms with Crippen molar-refractivity contribution in [2.75, 3.05) is 10.6 Å². The molecule has 0 bridgehead atoms. The number of aryl methyl sites for hydroxylation is 2. The van der Waals surface area contributed by atoms with E-state index in [1.807, 2.05) is 32.0 Å². The van der Waals surface area contributed by atoms with Crippen LogP contribution in [0.5, 0.6) is 0 Å². The zero-order valence-electron chi connectivity index (χ0n) is 14.3. The lowest BCUT2D eigenvalue weighted by molar-refractivity contribution is 0.687. The van der Waals surface area contributed by atoms with Crippen LogP contribution in [0.2, 0.25) is 10.0 Å². The lowest BCUT2D eigenvalue weighted by Crippen LogP contribution is -2.20. The van der Waals surface area contributed by atoms with Crippen molar-refractivity contribution in [3.8, 4) is 0 Å². The molecule has 2 N–H and O–H groups in total. The molecule has 26 heavy (non-hydrogen) atoms. The lowest BCUT2D eigenvalue weighted by atomic mass is 10.1. The number of rotatable bonds is 4. The minimum Gasteiger partial charge on any atom is -0.332 e. The Morgan fingerprint density at radius 3 is 2.50 bits per heavy atom. The fourth-order valence-electron chi connectivity index (χ4n) is 2.56. The van der Waals surface area contributed by atoms with Gasteiger partial charge in [0.2, 0.25) is 5.95 Å². The summed E-state index contributed by atoms with van der Waals surface area (Å²) >= 11 is 17.4. The largest absolute Gasteiger partial charge is 0.332 e. The highest BCUT2D eigenvalue weighted by Crippen LogP contribution is 2.21. The number of nitrogens with one attached hydrogen (secondary N) is 2. The van der Waals surface area contributed by atoms with E-state index < -0.39 is 0 Å². The van der Waals surface area contributed by atoms with Crippen molar-refractivity contribution >= 4 is 52.2 Å². The highest BCUT2D eigenvalue weighted by molar-refractivity contribution is 7.80. The number of nitrogens with zero attached hydrogens (tertiary/aromatic N) is 3. The van der Waals surface area contributed by atoms with E-state index in [0.29, 0.717) is 27.7 Å². The molecule has 134 valence electrons. The molecule has 0 aliphatic rings. The van der Waals surface area contributed by atoms with Crippen LogP contribution in [0.1, 0.15) is 16.7 Å². The van der Waals surface area contributed by atoms with Crippen molar-refractivity contribution in [3.63, 3.8) is 0 Å². The molecule has 8 heteroatoms. The Morgan fingerprint density at radius 2 is 1.81 bits per heavy atom. The average molecular weight is 406 g/mol. The first-order chi connectivity index (χ1) is 12.4. The zero-order chi connectivity index (χ0) is 18.7. The van der Waals surface area contributed by atoms with Crippen LogP contribution in [-0.2, 0) is 6.54 Å². The van der Waals surface area contributed by atoms with E-state index in [1.165, 1.54) is 0 Å². The fraction of sp³-hybridized carbons (Fsp3) is 0.167. The van der Waals surface area contributed by atoms with Gasteiger partial charge in [0.15, 0.2) is 5.11 Å². The maximum atomic E-state index is 6.19. The van der Waals surface area contributed by atoms with Crippen LogP contribution in [0.15, 0.2) is 42.7 Å². The number of thiocarbonyl (C=S) groups is 1. The summed E-state index contributed by atoms with van der Waals surface area (Å²) in [7, 11) is 0. The molecule has 0 saturated carbocycles. The maximum absolute atomic E-state index is 6.19. The third-order valence-corrected chi connectivity index (χ3v) is 4.38. The van der Waals surface area contributed by atoms with Crippen LogP contribution in [0.3, 0.4) is 0 Å². The topological polar surface area (TPSA) is 54.8 Å². The molecule has 2 aromatic carbocycles. The summed E-state index contributed by atoms with van der Waals surface area (Å²) in [4.78, 5) is 4.22. The fourth-order valence-corrected chi connectivity index (χ4v) is 3.24. The lowest BCUT2D eigenvalue weighted by Gasteiger charge is -2.09. The Morgan fingerprint density at radius 1 is 1.08 bits per heavy atom. The third kappa shape index (κ3) is 4.94. The molecule has 3 rings (SSSR count). The van der Waals surface area contributed by atoms with E-state index in [1.54, 1.807) is 23.1 Å². The molecule has 0 spiro atoms. The van der Waals surface area contributed by atoms with E-state index in [4.69, 9.17) is 35.4 Å². The minimum absolute atomic E-state index is 0.414. The van der Waals surface area contributed by atoms with Gasteiger partial charge in [0.25, 0.3) is 0 Å². The average Bonchev–Trinajstić information content (AvgIpc) is 2.96. The van der Waals surface area contributed by atoms with E-state index >= 15 is 0 Å². The van der Waals surface area contributed by atoms with Gasteiger partial charge in [0.1, 0.15) is 6.33 Å². The normalized spacial score (nSPS) is 10.6. The molecule has 0 amide bonds. The van der Waals surface area contributed by atoms with Gasteiger partial charge in [-0.2, -0.15) is 0 Å². The quantitative estimate of drug-likeness (QED) is 0.594. The predicted molar refractivity (Wildman–Crippen MR) is 111 cm³/mol.